The van der Waals surface area contributed by atoms with Gasteiger partial charge >= 0.3 is 5.97 Å². The number of carboxylic acid groups (broad SMARTS) is 1. The number of carbonyl (C=O) groups excluding carboxylic acids is 1. The molecule has 5 heteroatoms. The molecule has 0 saturated heterocycles. The van der Waals surface area contributed by atoms with Gasteiger partial charge in [-0.25, -0.2) is 0 Å². The molecule has 2 N–H and O–H groups in total. The van der Waals surface area contributed by atoms with Gasteiger partial charge in [0.15, 0.2) is 0 Å². The molecule has 120 valence electrons. The Morgan fingerprint density at radius 3 is 2.78 bits per heavy atom. The number of amides is 1. The van der Waals surface area contributed by atoms with Crippen LogP contribution in [-0.2, 0) is 17.6 Å². The monoisotopic (exact) mass is 329 g/mol. The Hall–Kier alpha value is -2.14. The Labute approximate surface area is 139 Å². The van der Waals surface area contributed by atoms with E-state index < -0.39 is 12.0 Å². The second kappa shape index (κ2) is 6.54. The molecule has 1 amide bonds. The molecule has 2 aromatic rings. The molecule has 0 aliphatic heterocycles. The van der Waals surface area contributed by atoms with E-state index in [4.69, 9.17) is 5.11 Å². The van der Waals surface area contributed by atoms with Crippen LogP contribution in [0.2, 0.25) is 0 Å². The second-order valence-corrected chi connectivity index (χ2v) is 7.03. The third-order valence-corrected chi connectivity index (χ3v) is 5.45. The minimum atomic E-state index is -0.924. The van der Waals surface area contributed by atoms with Crippen LogP contribution in [0.15, 0.2) is 30.3 Å². The van der Waals surface area contributed by atoms with E-state index in [1.807, 2.05) is 37.3 Å². The van der Waals surface area contributed by atoms with Gasteiger partial charge in [0.05, 0.1) is 17.3 Å². The molecule has 1 atom stereocenters. The maximum absolute atomic E-state index is 12.5. The lowest BCUT2D eigenvalue weighted by molar-refractivity contribution is -0.137. The Morgan fingerprint density at radius 2 is 2.09 bits per heavy atom. The zero-order valence-electron chi connectivity index (χ0n) is 13.0. The number of rotatable bonds is 5. The predicted octanol–water partition coefficient (Wildman–Crippen LogP) is 3.49. The fourth-order valence-corrected chi connectivity index (χ4v) is 4.22. The van der Waals surface area contributed by atoms with Crippen LogP contribution in [0.1, 0.15) is 50.1 Å². The van der Waals surface area contributed by atoms with Crippen molar-refractivity contribution in [2.75, 3.05) is 0 Å². The molecular weight excluding hydrogens is 310 g/mol. The number of fused-ring (bicyclic) bond motifs is 1. The van der Waals surface area contributed by atoms with Gasteiger partial charge < -0.3 is 10.4 Å². The van der Waals surface area contributed by atoms with E-state index in [2.05, 4.69) is 5.32 Å². The van der Waals surface area contributed by atoms with Crippen molar-refractivity contribution < 1.29 is 14.7 Å². The highest BCUT2D eigenvalue weighted by atomic mass is 32.1. The van der Waals surface area contributed by atoms with E-state index >= 15 is 0 Å². The normalized spacial score (nSPS) is 14.3. The van der Waals surface area contributed by atoms with Crippen molar-refractivity contribution in [3.8, 4) is 0 Å². The van der Waals surface area contributed by atoms with Crippen LogP contribution in [0.4, 0.5) is 0 Å². The summed E-state index contributed by atoms with van der Waals surface area (Å²) in [4.78, 5) is 25.7. The number of carboxylic acids is 1. The average Bonchev–Trinajstić information content (AvgIpc) is 3.07. The molecule has 0 saturated carbocycles. The molecule has 1 aliphatic carbocycles. The first-order chi connectivity index (χ1) is 11.0. The maximum Gasteiger partial charge on any atom is 0.305 e. The Balaban J connectivity index is 1.81. The predicted molar refractivity (Wildman–Crippen MR) is 90.0 cm³/mol. The second-order valence-electron chi connectivity index (χ2n) is 5.89. The minimum absolute atomic E-state index is 0.123. The fraction of sp³-hybridized carbons (Fsp3) is 0.333. The topological polar surface area (TPSA) is 66.4 Å². The zero-order chi connectivity index (χ0) is 16.4. The third-order valence-electron chi connectivity index (χ3n) is 4.22. The van der Waals surface area contributed by atoms with Crippen molar-refractivity contribution in [1.82, 2.24) is 5.32 Å². The first-order valence-electron chi connectivity index (χ1n) is 7.74. The van der Waals surface area contributed by atoms with Gasteiger partial charge in [0.2, 0.25) is 0 Å². The number of thiophene rings is 1. The lowest BCUT2D eigenvalue weighted by Gasteiger charge is -2.19. The fourth-order valence-electron chi connectivity index (χ4n) is 3.06. The number of carbonyl (C=O) groups is 2. The van der Waals surface area contributed by atoms with Gasteiger partial charge in [-0.15, -0.1) is 11.3 Å². The minimum Gasteiger partial charge on any atom is -0.481 e. The van der Waals surface area contributed by atoms with Crippen molar-refractivity contribution in [3.63, 3.8) is 0 Å². The van der Waals surface area contributed by atoms with Gasteiger partial charge in [-0.1, -0.05) is 24.3 Å². The van der Waals surface area contributed by atoms with E-state index in [0.29, 0.717) is 4.88 Å². The third kappa shape index (κ3) is 3.45. The van der Waals surface area contributed by atoms with E-state index in [9.17, 15) is 9.59 Å². The highest BCUT2D eigenvalue weighted by Crippen LogP contribution is 2.31. The number of aryl methyl sites for hydroxylation is 3. The number of aliphatic carboxylic acids is 1. The van der Waals surface area contributed by atoms with Crippen molar-refractivity contribution in [1.29, 1.82) is 0 Å². The Kier molecular flexibility index (Phi) is 4.48. The Bertz CT molecular complexity index is 729. The summed E-state index contributed by atoms with van der Waals surface area (Å²) in [5.74, 6) is -1.11. The van der Waals surface area contributed by atoms with Gasteiger partial charge in [0, 0.05) is 4.88 Å². The summed E-state index contributed by atoms with van der Waals surface area (Å²) in [6.07, 6.45) is 3.12. The zero-order valence-corrected chi connectivity index (χ0v) is 13.8. The van der Waals surface area contributed by atoms with E-state index in [-0.39, 0.29) is 12.3 Å². The molecule has 0 bridgehead atoms. The maximum atomic E-state index is 12.5. The molecular formula is C18H19NO3S. The average molecular weight is 329 g/mol. The van der Waals surface area contributed by atoms with Crippen molar-refractivity contribution in [2.24, 2.45) is 0 Å². The summed E-state index contributed by atoms with van der Waals surface area (Å²) in [6.45, 7) is 1.93. The van der Waals surface area contributed by atoms with Gasteiger partial charge in [-0.2, -0.15) is 0 Å². The number of hydrogen-bond donors (Lipinski definition) is 2. The van der Waals surface area contributed by atoms with Crippen LogP contribution >= 0.6 is 11.3 Å². The lowest BCUT2D eigenvalue weighted by atomic mass is 9.98. The highest BCUT2D eigenvalue weighted by Gasteiger charge is 2.23. The molecule has 1 aliphatic rings. The van der Waals surface area contributed by atoms with E-state index in [1.54, 1.807) is 0 Å². The first kappa shape index (κ1) is 15.7. The molecule has 1 aromatic carbocycles. The summed E-state index contributed by atoms with van der Waals surface area (Å²) in [6, 6.07) is 9.01. The summed E-state index contributed by atoms with van der Waals surface area (Å²) >= 11 is 1.53. The quantitative estimate of drug-likeness (QED) is 0.882. The van der Waals surface area contributed by atoms with Crippen LogP contribution in [0.25, 0.3) is 0 Å². The van der Waals surface area contributed by atoms with Crippen LogP contribution in [-0.4, -0.2) is 17.0 Å². The molecule has 23 heavy (non-hydrogen) atoms. The summed E-state index contributed by atoms with van der Waals surface area (Å²) in [5.41, 5.74) is 3.10. The highest BCUT2D eigenvalue weighted by molar-refractivity contribution is 7.14. The molecule has 0 radical (unpaired) electrons. The standard InChI is InChI=1S/C18H19NO3S/c1-11-5-2-3-7-13(11)14(10-17(20)21)19-18(22)16-9-12-6-4-8-15(12)23-16/h2-3,5,7,9,14H,4,6,8,10H2,1H3,(H,19,22)(H,20,21). The van der Waals surface area contributed by atoms with Crippen LogP contribution in [0.3, 0.4) is 0 Å². The summed E-state index contributed by atoms with van der Waals surface area (Å²) < 4.78 is 0. The van der Waals surface area contributed by atoms with Gasteiger partial charge in [0.25, 0.3) is 5.91 Å². The number of hydrogen-bond acceptors (Lipinski definition) is 3. The smallest absolute Gasteiger partial charge is 0.305 e. The number of nitrogens with one attached hydrogen (secondary N) is 1. The molecule has 0 fully saturated rings. The first-order valence-corrected chi connectivity index (χ1v) is 8.56. The van der Waals surface area contributed by atoms with Crippen LogP contribution < -0.4 is 5.32 Å². The molecule has 0 spiro atoms. The molecule has 1 heterocycles. The van der Waals surface area contributed by atoms with Gasteiger partial charge in [0.1, 0.15) is 0 Å². The van der Waals surface area contributed by atoms with Crippen molar-refractivity contribution in [2.45, 2.75) is 38.6 Å². The largest absolute Gasteiger partial charge is 0.481 e. The van der Waals surface area contributed by atoms with Gasteiger partial charge in [-0.3, -0.25) is 9.59 Å². The molecule has 1 aromatic heterocycles. The van der Waals surface area contributed by atoms with E-state index in [0.717, 1.165) is 30.4 Å². The molecule has 3 rings (SSSR count). The van der Waals surface area contributed by atoms with Gasteiger partial charge in [-0.05, 0) is 48.9 Å². The summed E-state index contributed by atoms with van der Waals surface area (Å²) in [7, 11) is 0. The Morgan fingerprint density at radius 1 is 1.30 bits per heavy atom. The van der Waals surface area contributed by atoms with Crippen molar-refractivity contribution in [3.05, 3.63) is 56.8 Å². The number of benzene rings is 1. The summed E-state index contributed by atoms with van der Waals surface area (Å²) in [5, 5.41) is 12.1. The lowest BCUT2D eigenvalue weighted by Crippen LogP contribution is -2.30. The van der Waals surface area contributed by atoms with Crippen LogP contribution in [0.5, 0.6) is 0 Å². The molecule has 4 nitrogen and oxygen atoms in total. The van der Waals surface area contributed by atoms with Crippen LogP contribution in [0, 0.1) is 6.92 Å². The van der Waals surface area contributed by atoms with Crippen molar-refractivity contribution >= 4 is 23.2 Å². The van der Waals surface area contributed by atoms with E-state index in [1.165, 1.54) is 21.8 Å². The molecule has 1 unspecified atom stereocenters. The SMILES string of the molecule is Cc1ccccc1C(CC(=O)O)NC(=O)c1cc2c(s1)CCC2.